The molecular weight excluding hydrogens is 144 g/mol. The van der Waals surface area contributed by atoms with E-state index in [2.05, 4.69) is 56.3 Å². The van der Waals surface area contributed by atoms with Crippen LogP contribution in [0.4, 0.5) is 0 Å². The van der Waals surface area contributed by atoms with Gasteiger partial charge in [-0.3, -0.25) is 0 Å². The SMILES string of the molecule is C/C=C/C[C@H](C)c1ccccc1. The van der Waals surface area contributed by atoms with Gasteiger partial charge >= 0.3 is 0 Å². The van der Waals surface area contributed by atoms with E-state index in [1.54, 1.807) is 0 Å². The average Bonchev–Trinajstić information content (AvgIpc) is 2.15. The van der Waals surface area contributed by atoms with Gasteiger partial charge in [-0.25, -0.2) is 0 Å². The van der Waals surface area contributed by atoms with E-state index in [4.69, 9.17) is 0 Å². The highest BCUT2D eigenvalue weighted by Crippen LogP contribution is 2.18. The summed E-state index contributed by atoms with van der Waals surface area (Å²) >= 11 is 0. The van der Waals surface area contributed by atoms with Gasteiger partial charge in [-0.05, 0) is 24.8 Å². The van der Waals surface area contributed by atoms with Crippen molar-refractivity contribution in [1.29, 1.82) is 0 Å². The van der Waals surface area contributed by atoms with Crippen LogP contribution in [-0.2, 0) is 0 Å². The van der Waals surface area contributed by atoms with Crippen molar-refractivity contribution in [3.63, 3.8) is 0 Å². The van der Waals surface area contributed by atoms with Crippen LogP contribution in [0.1, 0.15) is 31.7 Å². The monoisotopic (exact) mass is 160 g/mol. The Balaban J connectivity index is 2.59. The lowest BCUT2D eigenvalue weighted by atomic mass is 9.98. The molecule has 0 amide bonds. The Morgan fingerprint density at radius 2 is 1.92 bits per heavy atom. The molecule has 64 valence electrons. The van der Waals surface area contributed by atoms with E-state index in [0.717, 1.165) is 6.42 Å². The van der Waals surface area contributed by atoms with Gasteiger partial charge in [0, 0.05) is 0 Å². The van der Waals surface area contributed by atoms with Crippen LogP contribution in [0.2, 0.25) is 0 Å². The van der Waals surface area contributed by atoms with Crippen molar-refractivity contribution < 1.29 is 0 Å². The summed E-state index contributed by atoms with van der Waals surface area (Å²) in [6, 6.07) is 10.6. The van der Waals surface area contributed by atoms with Crippen molar-refractivity contribution in [3.8, 4) is 0 Å². The van der Waals surface area contributed by atoms with Gasteiger partial charge in [0.15, 0.2) is 0 Å². The average molecular weight is 160 g/mol. The Labute approximate surface area is 74.9 Å². The molecule has 1 rings (SSSR count). The van der Waals surface area contributed by atoms with Crippen molar-refractivity contribution >= 4 is 0 Å². The van der Waals surface area contributed by atoms with Gasteiger partial charge < -0.3 is 0 Å². The van der Waals surface area contributed by atoms with E-state index in [1.165, 1.54) is 5.56 Å². The normalized spacial score (nSPS) is 13.5. The maximum Gasteiger partial charge on any atom is -0.0156 e. The zero-order valence-electron chi connectivity index (χ0n) is 7.83. The van der Waals surface area contributed by atoms with Gasteiger partial charge in [0.25, 0.3) is 0 Å². The van der Waals surface area contributed by atoms with Crippen molar-refractivity contribution in [1.82, 2.24) is 0 Å². The zero-order chi connectivity index (χ0) is 8.81. The first kappa shape index (κ1) is 9.05. The van der Waals surface area contributed by atoms with Crippen molar-refractivity contribution in [3.05, 3.63) is 48.0 Å². The molecule has 0 nitrogen and oxygen atoms in total. The molecule has 0 bridgehead atoms. The second kappa shape index (κ2) is 4.76. The minimum Gasteiger partial charge on any atom is -0.0916 e. The van der Waals surface area contributed by atoms with Crippen LogP contribution in [0.5, 0.6) is 0 Å². The Morgan fingerprint density at radius 3 is 2.50 bits per heavy atom. The summed E-state index contributed by atoms with van der Waals surface area (Å²) in [4.78, 5) is 0. The molecule has 0 saturated heterocycles. The molecule has 0 unspecified atom stereocenters. The minimum atomic E-state index is 0.641. The number of allylic oxidation sites excluding steroid dienone is 2. The zero-order valence-corrected chi connectivity index (χ0v) is 7.83. The van der Waals surface area contributed by atoms with E-state index in [9.17, 15) is 0 Å². The molecule has 0 heterocycles. The lowest BCUT2D eigenvalue weighted by Gasteiger charge is -2.07. The topological polar surface area (TPSA) is 0 Å². The van der Waals surface area contributed by atoms with Crippen LogP contribution in [0.25, 0.3) is 0 Å². The Morgan fingerprint density at radius 1 is 1.25 bits per heavy atom. The van der Waals surface area contributed by atoms with E-state index in [0.29, 0.717) is 5.92 Å². The highest BCUT2D eigenvalue weighted by atomic mass is 14.1. The van der Waals surface area contributed by atoms with E-state index < -0.39 is 0 Å². The molecule has 0 aliphatic rings. The van der Waals surface area contributed by atoms with Crippen LogP contribution >= 0.6 is 0 Å². The molecule has 0 aromatic heterocycles. The fraction of sp³-hybridized carbons (Fsp3) is 0.333. The van der Waals surface area contributed by atoms with Gasteiger partial charge in [0.05, 0.1) is 0 Å². The van der Waals surface area contributed by atoms with Crippen LogP contribution in [0.15, 0.2) is 42.5 Å². The summed E-state index contributed by atoms with van der Waals surface area (Å²) in [6.07, 6.45) is 5.47. The molecule has 1 aromatic rings. The van der Waals surface area contributed by atoms with Crippen molar-refractivity contribution in [2.45, 2.75) is 26.2 Å². The van der Waals surface area contributed by atoms with Gasteiger partial charge in [0.2, 0.25) is 0 Å². The molecule has 0 aliphatic heterocycles. The summed E-state index contributed by atoms with van der Waals surface area (Å²) in [6.45, 7) is 4.33. The van der Waals surface area contributed by atoms with Crippen molar-refractivity contribution in [2.24, 2.45) is 0 Å². The summed E-state index contributed by atoms with van der Waals surface area (Å²) in [5.41, 5.74) is 1.43. The second-order valence-electron chi connectivity index (χ2n) is 3.12. The largest absolute Gasteiger partial charge is 0.0916 e. The van der Waals surface area contributed by atoms with Gasteiger partial charge in [-0.15, -0.1) is 0 Å². The van der Waals surface area contributed by atoms with Crippen LogP contribution < -0.4 is 0 Å². The molecule has 0 heteroatoms. The predicted octanol–water partition coefficient (Wildman–Crippen LogP) is 3.76. The standard InChI is InChI=1S/C12H16/c1-3-4-8-11(2)12-9-6-5-7-10-12/h3-7,9-11H,8H2,1-2H3/b4-3+/t11-/m0/s1. The van der Waals surface area contributed by atoms with E-state index in [-0.39, 0.29) is 0 Å². The molecule has 0 saturated carbocycles. The van der Waals surface area contributed by atoms with Crippen LogP contribution in [0.3, 0.4) is 0 Å². The molecule has 0 fully saturated rings. The summed E-state index contributed by atoms with van der Waals surface area (Å²) in [5, 5.41) is 0. The Bertz CT molecular complexity index is 233. The highest BCUT2D eigenvalue weighted by molar-refractivity contribution is 5.19. The third-order valence-corrected chi connectivity index (χ3v) is 2.09. The predicted molar refractivity (Wildman–Crippen MR) is 54.3 cm³/mol. The van der Waals surface area contributed by atoms with Crippen molar-refractivity contribution in [2.75, 3.05) is 0 Å². The molecule has 0 radical (unpaired) electrons. The summed E-state index contributed by atoms with van der Waals surface area (Å²) < 4.78 is 0. The maximum atomic E-state index is 2.26. The first-order chi connectivity index (χ1) is 5.84. The van der Waals surface area contributed by atoms with E-state index >= 15 is 0 Å². The molecule has 0 aliphatic carbocycles. The number of hydrogen-bond acceptors (Lipinski definition) is 0. The molecule has 1 aromatic carbocycles. The molecule has 0 N–H and O–H groups in total. The lowest BCUT2D eigenvalue weighted by Crippen LogP contribution is -1.89. The quantitative estimate of drug-likeness (QED) is 0.591. The fourth-order valence-corrected chi connectivity index (χ4v) is 1.26. The summed E-state index contributed by atoms with van der Waals surface area (Å²) in [5.74, 6) is 0.641. The fourth-order valence-electron chi connectivity index (χ4n) is 1.26. The van der Waals surface area contributed by atoms with Crippen LogP contribution in [-0.4, -0.2) is 0 Å². The highest BCUT2D eigenvalue weighted by Gasteiger charge is 2.00. The summed E-state index contributed by atoms with van der Waals surface area (Å²) in [7, 11) is 0. The molecular formula is C12H16. The minimum absolute atomic E-state index is 0.641. The third-order valence-electron chi connectivity index (χ3n) is 2.09. The number of benzene rings is 1. The van der Waals surface area contributed by atoms with E-state index in [1.807, 2.05) is 0 Å². The van der Waals surface area contributed by atoms with Gasteiger partial charge in [0.1, 0.15) is 0 Å². The Kier molecular flexibility index (Phi) is 3.59. The maximum absolute atomic E-state index is 2.26. The Hall–Kier alpha value is -1.04. The van der Waals surface area contributed by atoms with Gasteiger partial charge in [-0.2, -0.15) is 0 Å². The molecule has 1 atom stereocenters. The smallest absolute Gasteiger partial charge is 0.0156 e. The van der Waals surface area contributed by atoms with Crippen LogP contribution in [0, 0.1) is 0 Å². The molecule has 12 heavy (non-hydrogen) atoms. The first-order valence-corrected chi connectivity index (χ1v) is 4.50. The van der Waals surface area contributed by atoms with Gasteiger partial charge in [-0.1, -0.05) is 49.4 Å². The number of hydrogen-bond donors (Lipinski definition) is 0. The molecule has 0 spiro atoms. The third kappa shape index (κ3) is 2.54. The second-order valence-corrected chi connectivity index (χ2v) is 3.12. The first-order valence-electron chi connectivity index (χ1n) is 4.50. The number of rotatable bonds is 3. The lowest BCUT2D eigenvalue weighted by molar-refractivity contribution is 0.780.